The second-order valence-corrected chi connectivity index (χ2v) is 9.74. The Morgan fingerprint density at radius 3 is 2.66 bits per heavy atom. The topological polar surface area (TPSA) is 109 Å². The SMILES string of the molecule is CNC(=O)CCN(Cc1[nH]nc2ccccc12)C(=O)c1cc2cc(OC)cc(-c3cncc(OC)c3)c2s1. The number of methoxy groups -OCH3 is 2. The Morgan fingerprint density at radius 2 is 1.87 bits per heavy atom. The van der Waals surface area contributed by atoms with Crippen LogP contribution in [0.15, 0.2) is 60.9 Å². The summed E-state index contributed by atoms with van der Waals surface area (Å²) in [5.41, 5.74) is 3.39. The lowest BCUT2D eigenvalue weighted by Crippen LogP contribution is -2.34. The van der Waals surface area contributed by atoms with Crippen LogP contribution in [0.5, 0.6) is 11.5 Å². The number of rotatable bonds is 9. The van der Waals surface area contributed by atoms with Crippen molar-refractivity contribution in [2.75, 3.05) is 27.8 Å². The molecular formula is C28H27N5O4S. The summed E-state index contributed by atoms with van der Waals surface area (Å²) in [7, 11) is 4.80. The molecule has 0 radical (unpaired) electrons. The molecule has 0 fully saturated rings. The van der Waals surface area contributed by atoms with E-state index in [4.69, 9.17) is 9.47 Å². The van der Waals surface area contributed by atoms with E-state index in [1.54, 1.807) is 38.6 Å². The van der Waals surface area contributed by atoms with E-state index in [1.807, 2.05) is 48.5 Å². The zero-order valence-electron chi connectivity index (χ0n) is 21.3. The van der Waals surface area contributed by atoms with Gasteiger partial charge in [-0.15, -0.1) is 11.3 Å². The largest absolute Gasteiger partial charge is 0.497 e. The van der Waals surface area contributed by atoms with Gasteiger partial charge >= 0.3 is 0 Å². The molecule has 0 spiro atoms. The van der Waals surface area contributed by atoms with Crippen molar-refractivity contribution in [1.29, 1.82) is 0 Å². The van der Waals surface area contributed by atoms with E-state index in [9.17, 15) is 9.59 Å². The molecule has 3 heterocycles. The van der Waals surface area contributed by atoms with Gasteiger partial charge in [-0.25, -0.2) is 0 Å². The molecule has 5 aromatic rings. The quantitative estimate of drug-likeness (QED) is 0.288. The first-order chi connectivity index (χ1) is 18.5. The summed E-state index contributed by atoms with van der Waals surface area (Å²) < 4.78 is 11.8. The first kappa shape index (κ1) is 25.2. The van der Waals surface area contributed by atoms with Gasteiger partial charge in [-0.1, -0.05) is 18.2 Å². The Balaban J connectivity index is 1.54. The fourth-order valence-electron chi connectivity index (χ4n) is 4.34. The molecule has 0 aliphatic carbocycles. The monoisotopic (exact) mass is 529 g/mol. The molecular weight excluding hydrogens is 502 g/mol. The lowest BCUT2D eigenvalue weighted by atomic mass is 10.0. The van der Waals surface area contributed by atoms with Crippen LogP contribution in [-0.4, -0.2) is 59.7 Å². The number of aromatic nitrogens is 3. The number of ether oxygens (including phenoxy) is 2. The second-order valence-electron chi connectivity index (χ2n) is 8.69. The van der Waals surface area contributed by atoms with Gasteiger partial charge in [0, 0.05) is 47.4 Å². The Labute approximate surface area is 223 Å². The minimum Gasteiger partial charge on any atom is -0.497 e. The molecule has 0 unspecified atom stereocenters. The third-order valence-corrected chi connectivity index (χ3v) is 7.53. The van der Waals surface area contributed by atoms with Crippen molar-refractivity contribution in [2.24, 2.45) is 0 Å². The first-order valence-corrected chi connectivity index (χ1v) is 12.8. The number of nitrogens with one attached hydrogen (secondary N) is 2. The molecule has 0 saturated carbocycles. The van der Waals surface area contributed by atoms with E-state index in [2.05, 4.69) is 20.5 Å². The second kappa shape index (κ2) is 10.9. The van der Waals surface area contributed by atoms with Crippen LogP contribution in [0.2, 0.25) is 0 Å². The molecule has 9 nitrogen and oxygen atoms in total. The highest BCUT2D eigenvalue weighted by Crippen LogP contribution is 2.39. The number of pyridine rings is 1. The van der Waals surface area contributed by atoms with Crippen LogP contribution in [0.1, 0.15) is 21.8 Å². The predicted molar refractivity (Wildman–Crippen MR) is 148 cm³/mol. The van der Waals surface area contributed by atoms with Crippen molar-refractivity contribution < 1.29 is 19.1 Å². The molecule has 5 rings (SSSR count). The Morgan fingerprint density at radius 1 is 1.05 bits per heavy atom. The molecule has 0 aliphatic rings. The van der Waals surface area contributed by atoms with Gasteiger partial charge in [0.05, 0.1) is 43.0 Å². The normalized spacial score (nSPS) is 11.0. The molecule has 2 N–H and O–H groups in total. The van der Waals surface area contributed by atoms with Gasteiger partial charge in [0.2, 0.25) is 5.91 Å². The number of amides is 2. The maximum Gasteiger partial charge on any atom is 0.264 e. The zero-order chi connectivity index (χ0) is 26.6. The number of fused-ring (bicyclic) bond motifs is 2. The maximum absolute atomic E-state index is 13.9. The molecule has 0 saturated heterocycles. The van der Waals surface area contributed by atoms with Gasteiger partial charge in [-0.2, -0.15) is 5.10 Å². The zero-order valence-corrected chi connectivity index (χ0v) is 22.1. The third-order valence-electron chi connectivity index (χ3n) is 6.36. The molecule has 2 aromatic carbocycles. The van der Waals surface area contributed by atoms with Gasteiger partial charge < -0.3 is 19.7 Å². The standard InChI is InChI=1S/C28H27N5O4S/c1-29-26(34)8-9-33(16-24-21-6-4-5-7-23(21)31-32-24)28(35)25-12-17-10-19(36-2)13-22(27(17)38-25)18-11-20(37-3)15-30-14-18/h4-7,10-15H,8-9,16H2,1-3H3,(H,29,34)(H,31,32). The summed E-state index contributed by atoms with van der Waals surface area (Å²) in [4.78, 5) is 32.5. The summed E-state index contributed by atoms with van der Waals surface area (Å²) in [5, 5.41) is 11.9. The van der Waals surface area contributed by atoms with E-state index >= 15 is 0 Å². The van der Waals surface area contributed by atoms with Gasteiger partial charge in [0.25, 0.3) is 5.91 Å². The lowest BCUT2D eigenvalue weighted by molar-refractivity contribution is -0.120. The number of benzene rings is 2. The summed E-state index contributed by atoms with van der Waals surface area (Å²) in [6.07, 6.45) is 3.60. The number of carbonyl (C=O) groups is 2. The van der Waals surface area contributed by atoms with Crippen LogP contribution in [-0.2, 0) is 11.3 Å². The fraction of sp³-hybridized carbons (Fsp3) is 0.214. The van der Waals surface area contributed by atoms with Gasteiger partial charge in [-0.05, 0) is 35.7 Å². The number of nitrogens with zero attached hydrogens (tertiary/aromatic N) is 3. The van der Waals surface area contributed by atoms with Crippen LogP contribution in [0.4, 0.5) is 0 Å². The van der Waals surface area contributed by atoms with Gasteiger partial charge in [0.1, 0.15) is 11.5 Å². The molecule has 194 valence electrons. The van der Waals surface area contributed by atoms with E-state index in [0.29, 0.717) is 22.9 Å². The van der Waals surface area contributed by atoms with Crippen molar-refractivity contribution in [2.45, 2.75) is 13.0 Å². The highest BCUT2D eigenvalue weighted by atomic mass is 32.1. The van der Waals surface area contributed by atoms with Crippen molar-refractivity contribution in [3.8, 4) is 22.6 Å². The van der Waals surface area contributed by atoms with Crippen molar-refractivity contribution in [3.05, 3.63) is 71.5 Å². The average molecular weight is 530 g/mol. The minimum absolute atomic E-state index is 0.133. The Bertz CT molecular complexity index is 1630. The molecule has 3 aromatic heterocycles. The lowest BCUT2D eigenvalue weighted by Gasteiger charge is -2.21. The van der Waals surface area contributed by atoms with Crippen LogP contribution in [0, 0.1) is 0 Å². The van der Waals surface area contributed by atoms with Gasteiger partial charge in [-0.3, -0.25) is 19.7 Å². The highest BCUT2D eigenvalue weighted by Gasteiger charge is 2.23. The number of carbonyl (C=O) groups excluding carboxylic acids is 2. The van der Waals surface area contributed by atoms with Crippen LogP contribution in [0.3, 0.4) is 0 Å². The number of hydrogen-bond donors (Lipinski definition) is 2. The van der Waals surface area contributed by atoms with E-state index in [-0.39, 0.29) is 24.8 Å². The van der Waals surface area contributed by atoms with Crippen molar-refractivity contribution in [3.63, 3.8) is 0 Å². The predicted octanol–water partition coefficient (Wildman–Crippen LogP) is 4.64. The Hall–Kier alpha value is -4.44. The third kappa shape index (κ3) is 5.03. The number of hydrogen-bond acceptors (Lipinski definition) is 7. The maximum atomic E-state index is 13.9. The molecule has 2 amide bonds. The molecule has 0 atom stereocenters. The molecule has 0 aliphatic heterocycles. The number of H-pyrrole nitrogens is 1. The molecule has 10 heteroatoms. The van der Waals surface area contributed by atoms with Crippen LogP contribution in [0.25, 0.3) is 32.1 Å². The van der Waals surface area contributed by atoms with Crippen molar-refractivity contribution >= 4 is 44.1 Å². The van der Waals surface area contributed by atoms with Crippen molar-refractivity contribution in [1.82, 2.24) is 25.4 Å². The number of para-hydroxylation sites is 1. The summed E-state index contributed by atoms with van der Waals surface area (Å²) in [6, 6.07) is 15.4. The van der Waals surface area contributed by atoms with Crippen LogP contribution >= 0.6 is 11.3 Å². The fourth-order valence-corrected chi connectivity index (χ4v) is 5.48. The van der Waals surface area contributed by atoms with Crippen LogP contribution < -0.4 is 14.8 Å². The molecule has 38 heavy (non-hydrogen) atoms. The van der Waals surface area contributed by atoms with E-state index in [1.165, 1.54) is 11.3 Å². The summed E-state index contributed by atoms with van der Waals surface area (Å²) >= 11 is 1.40. The van der Waals surface area contributed by atoms with E-state index < -0.39 is 0 Å². The summed E-state index contributed by atoms with van der Waals surface area (Å²) in [5.74, 6) is 1.01. The smallest absolute Gasteiger partial charge is 0.264 e. The number of thiophene rings is 1. The summed E-state index contributed by atoms with van der Waals surface area (Å²) in [6.45, 7) is 0.552. The Kier molecular flexibility index (Phi) is 7.23. The first-order valence-electron chi connectivity index (χ1n) is 12.0. The van der Waals surface area contributed by atoms with Gasteiger partial charge in [0.15, 0.2) is 0 Å². The average Bonchev–Trinajstić information content (AvgIpc) is 3.58. The highest BCUT2D eigenvalue weighted by molar-refractivity contribution is 7.21. The number of aromatic amines is 1. The van der Waals surface area contributed by atoms with E-state index in [0.717, 1.165) is 37.8 Å². The minimum atomic E-state index is -0.164. The molecule has 0 bridgehead atoms.